The second-order valence-electron chi connectivity index (χ2n) is 8.30. The summed E-state index contributed by atoms with van der Waals surface area (Å²) in [5.74, 6) is -0.0133. The lowest BCUT2D eigenvalue weighted by Crippen LogP contribution is -2.45. The lowest BCUT2D eigenvalue weighted by atomic mass is 9.81. The molecule has 3 rings (SSSR count). The van der Waals surface area contributed by atoms with Crippen molar-refractivity contribution in [3.63, 3.8) is 0 Å². The summed E-state index contributed by atoms with van der Waals surface area (Å²) in [5.41, 5.74) is 1.59. The van der Waals surface area contributed by atoms with Gasteiger partial charge in [0, 0.05) is 19.0 Å². The zero-order chi connectivity index (χ0) is 19.4. The first-order valence-corrected chi connectivity index (χ1v) is 9.53. The van der Waals surface area contributed by atoms with Gasteiger partial charge in [0.25, 0.3) is 5.91 Å². The number of carbonyl (C=O) groups excluding carboxylic acids is 2. The molecule has 1 saturated heterocycles. The summed E-state index contributed by atoms with van der Waals surface area (Å²) in [4.78, 5) is 27.1. The Kier molecular flexibility index (Phi) is 5.68. The van der Waals surface area contributed by atoms with Crippen molar-refractivity contribution in [3.8, 4) is 0 Å². The SMILES string of the molecule is CC(C)(C)C(NC(=O)C1CCN(C(=O)c2ccoc2)CC1)c1ccccc1. The minimum Gasteiger partial charge on any atom is -0.472 e. The van der Waals surface area contributed by atoms with Gasteiger partial charge in [0.1, 0.15) is 6.26 Å². The third-order valence-corrected chi connectivity index (χ3v) is 5.21. The van der Waals surface area contributed by atoms with Crippen LogP contribution in [0, 0.1) is 11.3 Å². The quantitative estimate of drug-likeness (QED) is 0.886. The molecule has 2 amide bonds. The Morgan fingerprint density at radius 3 is 2.33 bits per heavy atom. The van der Waals surface area contributed by atoms with Crippen molar-refractivity contribution >= 4 is 11.8 Å². The van der Waals surface area contributed by atoms with Crippen molar-refractivity contribution in [1.82, 2.24) is 10.2 Å². The van der Waals surface area contributed by atoms with Gasteiger partial charge in [-0.25, -0.2) is 0 Å². The molecule has 0 spiro atoms. The lowest BCUT2D eigenvalue weighted by molar-refractivity contribution is -0.127. The summed E-state index contributed by atoms with van der Waals surface area (Å²) in [6, 6.07) is 11.7. The fourth-order valence-corrected chi connectivity index (χ4v) is 3.62. The normalized spacial score (nSPS) is 16.8. The van der Waals surface area contributed by atoms with Crippen LogP contribution < -0.4 is 5.32 Å². The average Bonchev–Trinajstić information content (AvgIpc) is 3.20. The molecule has 2 aromatic rings. The van der Waals surface area contributed by atoms with Gasteiger partial charge >= 0.3 is 0 Å². The van der Waals surface area contributed by atoms with Crippen molar-refractivity contribution in [2.45, 2.75) is 39.7 Å². The highest BCUT2D eigenvalue weighted by Gasteiger charge is 2.32. The number of benzene rings is 1. The maximum atomic E-state index is 12.9. The first-order chi connectivity index (χ1) is 12.9. The number of nitrogens with zero attached hydrogens (tertiary/aromatic N) is 1. The highest BCUT2D eigenvalue weighted by molar-refractivity contribution is 5.94. The number of amides is 2. The van der Waals surface area contributed by atoms with Gasteiger partial charge in [0.15, 0.2) is 0 Å². The van der Waals surface area contributed by atoms with Crippen LogP contribution in [0.1, 0.15) is 55.6 Å². The van der Waals surface area contributed by atoms with Gasteiger partial charge in [-0.3, -0.25) is 9.59 Å². The minimum absolute atomic E-state index is 0.0283. The summed E-state index contributed by atoms with van der Waals surface area (Å²) in [6.07, 6.45) is 4.33. The first-order valence-electron chi connectivity index (χ1n) is 9.53. The number of furan rings is 1. The van der Waals surface area contributed by atoms with Crippen LogP contribution >= 0.6 is 0 Å². The molecule has 1 aliphatic heterocycles. The summed E-state index contributed by atoms with van der Waals surface area (Å²) in [6.45, 7) is 7.59. The summed E-state index contributed by atoms with van der Waals surface area (Å²) in [5, 5.41) is 3.26. The predicted octanol–water partition coefficient (Wildman–Crippen LogP) is 4.04. The van der Waals surface area contributed by atoms with Crippen LogP contribution in [0.2, 0.25) is 0 Å². The van der Waals surface area contributed by atoms with E-state index in [-0.39, 0.29) is 29.2 Å². The summed E-state index contributed by atoms with van der Waals surface area (Å²) >= 11 is 0. The van der Waals surface area contributed by atoms with E-state index in [1.54, 1.807) is 11.0 Å². The Morgan fingerprint density at radius 1 is 1.11 bits per heavy atom. The van der Waals surface area contributed by atoms with Gasteiger partial charge in [-0.05, 0) is 29.9 Å². The number of hydrogen-bond donors (Lipinski definition) is 1. The largest absolute Gasteiger partial charge is 0.472 e. The van der Waals surface area contributed by atoms with E-state index >= 15 is 0 Å². The molecule has 1 aliphatic rings. The second-order valence-corrected chi connectivity index (χ2v) is 8.30. The fraction of sp³-hybridized carbons (Fsp3) is 0.455. The van der Waals surface area contributed by atoms with Crippen molar-refractivity contribution in [2.24, 2.45) is 11.3 Å². The second kappa shape index (κ2) is 7.99. The third kappa shape index (κ3) is 4.59. The molecule has 1 fully saturated rings. The first kappa shape index (κ1) is 19.2. The van der Waals surface area contributed by atoms with Gasteiger partial charge in [-0.2, -0.15) is 0 Å². The molecule has 5 nitrogen and oxygen atoms in total. The van der Waals surface area contributed by atoms with E-state index in [9.17, 15) is 9.59 Å². The van der Waals surface area contributed by atoms with Crippen LogP contribution in [-0.4, -0.2) is 29.8 Å². The van der Waals surface area contributed by atoms with Crippen LogP contribution in [0.5, 0.6) is 0 Å². The lowest BCUT2D eigenvalue weighted by Gasteiger charge is -2.35. The molecule has 1 atom stereocenters. The van der Waals surface area contributed by atoms with Crippen molar-refractivity contribution < 1.29 is 14.0 Å². The highest BCUT2D eigenvalue weighted by atomic mass is 16.3. The van der Waals surface area contributed by atoms with Crippen LogP contribution in [0.4, 0.5) is 0 Å². The van der Waals surface area contributed by atoms with Gasteiger partial charge in [0.05, 0.1) is 17.9 Å². The number of hydrogen-bond acceptors (Lipinski definition) is 3. The van der Waals surface area contributed by atoms with Crippen molar-refractivity contribution in [1.29, 1.82) is 0 Å². The van der Waals surface area contributed by atoms with Crippen molar-refractivity contribution in [2.75, 3.05) is 13.1 Å². The molecule has 2 heterocycles. The molecule has 1 aromatic heterocycles. The topological polar surface area (TPSA) is 62.6 Å². The molecule has 0 radical (unpaired) electrons. The maximum absolute atomic E-state index is 12.9. The van der Waals surface area contributed by atoms with Crippen molar-refractivity contribution in [3.05, 3.63) is 60.1 Å². The molecule has 1 unspecified atom stereocenters. The number of carbonyl (C=O) groups is 2. The van der Waals surface area contributed by atoms with E-state index in [1.165, 1.54) is 12.5 Å². The standard InChI is InChI=1S/C22H28N2O3/c1-22(2,3)19(16-7-5-4-6-8-16)23-20(25)17-9-12-24(13-10-17)21(26)18-11-14-27-15-18/h4-8,11,14-15,17,19H,9-10,12-13H2,1-3H3,(H,23,25). The zero-order valence-electron chi connectivity index (χ0n) is 16.3. The van der Waals surface area contributed by atoms with E-state index in [0.717, 1.165) is 5.56 Å². The summed E-state index contributed by atoms with van der Waals surface area (Å²) in [7, 11) is 0. The molecule has 0 bridgehead atoms. The number of piperidine rings is 1. The maximum Gasteiger partial charge on any atom is 0.257 e. The van der Waals surface area contributed by atoms with Crippen LogP contribution in [0.25, 0.3) is 0 Å². The Labute approximate surface area is 160 Å². The Bertz CT molecular complexity index is 755. The predicted molar refractivity (Wildman–Crippen MR) is 104 cm³/mol. The minimum atomic E-state index is -0.0883. The molecule has 27 heavy (non-hydrogen) atoms. The molecule has 1 aromatic carbocycles. The highest BCUT2D eigenvalue weighted by Crippen LogP contribution is 2.33. The molecule has 1 N–H and O–H groups in total. The van der Waals surface area contributed by atoms with E-state index in [4.69, 9.17) is 4.42 Å². The van der Waals surface area contributed by atoms with Gasteiger partial charge < -0.3 is 14.6 Å². The molecule has 0 aliphatic carbocycles. The van der Waals surface area contributed by atoms with Gasteiger partial charge in [-0.15, -0.1) is 0 Å². The molecule has 5 heteroatoms. The fourth-order valence-electron chi connectivity index (χ4n) is 3.62. The molecule has 144 valence electrons. The Hall–Kier alpha value is -2.56. The van der Waals surface area contributed by atoms with Crippen LogP contribution in [0.3, 0.4) is 0 Å². The number of rotatable bonds is 4. The number of likely N-dealkylation sites (tertiary alicyclic amines) is 1. The number of nitrogens with one attached hydrogen (secondary N) is 1. The Morgan fingerprint density at radius 2 is 1.78 bits per heavy atom. The van der Waals surface area contributed by atoms with Gasteiger partial charge in [0.2, 0.25) is 5.91 Å². The zero-order valence-corrected chi connectivity index (χ0v) is 16.3. The summed E-state index contributed by atoms with van der Waals surface area (Å²) < 4.78 is 4.99. The van der Waals surface area contributed by atoms with Gasteiger partial charge in [-0.1, -0.05) is 51.1 Å². The van der Waals surface area contributed by atoms with Crippen LogP contribution in [-0.2, 0) is 4.79 Å². The average molecular weight is 368 g/mol. The van der Waals surface area contributed by atoms with E-state index in [1.807, 2.05) is 18.2 Å². The smallest absolute Gasteiger partial charge is 0.257 e. The third-order valence-electron chi connectivity index (χ3n) is 5.21. The van der Waals surface area contributed by atoms with E-state index in [2.05, 4.69) is 38.2 Å². The molecular weight excluding hydrogens is 340 g/mol. The Balaban J connectivity index is 1.61. The van der Waals surface area contributed by atoms with E-state index < -0.39 is 0 Å². The van der Waals surface area contributed by atoms with E-state index in [0.29, 0.717) is 31.5 Å². The van der Waals surface area contributed by atoms with Crippen LogP contribution in [0.15, 0.2) is 53.3 Å². The molecular formula is C22H28N2O3. The molecule has 0 saturated carbocycles. The monoisotopic (exact) mass is 368 g/mol.